The van der Waals surface area contributed by atoms with Gasteiger partial charge in [-0.2, -0.15) is 0 Å². The molecule has 1 saturated carbocycles. The number of halogens is 2. The van der Waals surface area contributed by atoms with Gasteiger partial charge in [0.05, 0.1) is 17.4 Å². The number of nitrogens with zero attached hydrogens (tertiary/aromatic N) is 2. The van der Waals surface area contributed by atoms with E-state index in [0.29, 0.717) is 11.0 Å². The molecule has 0 bridgehead atoms. The van der Waals surface area contributed by atoms with Crippen molar-refractivity contribution in [3.8, 4) is 0 Å². The minimum absolute atomic E-state index is 0.0675. The molecule has 2 aromatic rings. The highest BCUT2D eigenvalue weighted by Gasteiger charge is 2.17. The number of hydrogen-bond acceptors (Lipinski definition) is 2. The van der Waals surface area contributed by atoms with Crippen LogP contribution in [0.5, 0.6) is 0 Å². The molecule has 1 heterocycles. The van der Waals surface area contributed by atoms with Gasteiger partial charge in [0.2, 0.25) is 5.91 Å². The SMILES string of the molecule is O=C(Cn1cnc2cc(F)c(F)cc21)NC1CCCCC1. The Morgan fingerprint density at radius 1 is 1.24 bits per heavy atom. The number of nitrogens with one attached hydrogen (secondary N) is 1. The summed E-state index contributed by atoms with van der Waals surface area (Å²) < 4.78 is 28.0. The van der Waals surface area contributed by atoms with Crippen LogP contribution in [0.15, 0.2) is 18.5 Å². The average Bonchev–Trinajstić information content (AvgIpc) is 2.83. The molecule has 21 heavy (non-hydrogen) atoms. The van der Waals surface area contributed by atoms with Gasteiger partial charge in [0, 0.05) is 18.2 Å². The quantitative estimate of drug-likeness (QED) is 0.946. The number of fused-ring (bicyclic) bond motifs is 1. The fourth-order valence-electron chi connectivity index (χ4n) is 2.85. The third-order valence-corrected chi connectivity index (χ3v) is 3.95. The van der Waals surface area contributed by atoms with Gasteiger partial charge in [0.15, 0.2) is 11.6 Å². The third kappa shape index (κ3) is 3.04. The number of aromatic nitrogens is 2. The summed E-state index contributed by atoms with van der Waals surface area (Å²) in [6.45, 7) is 0.0675. The van der Waals surface area contributed by atoms with E-state index in [2.05, 4.69) is 10.3 Å². The van der Waals surface area contributed by atoms with Crippen molar-refractivity contribution >= 4 is 16.9 Å². The molecule has 3 rings (SSSR count). The highest BCUT2D eigenvalue weighted by atomic mass is 19.2. The maximum atomic E-state index is 13.3. The Morgan fingerprint density at radius 3 is 2.71 bits per heavy atom. The second-order valence-corrected chi connectivity index (χ2v) is 5.53. The van der Waals surface area contributed by atoms with E-state index in [0.717, 1.165) is 37.8 Å². The molecule has 112 valence electrons. The molecule has 1 aliphatic carbocycles. The van der Waals surface area contributed by atoms with Crippen molar-refractivity contribution in [2.24, 2.45) is 0 Å². The summed E-state index contributed by atoms with van der Waals surface area (Å²) in [5, 5.41) is 2.99. The standard InChI is InChI=1S/C15H17F2N3O/c16-11-6-13-14(7-12(11)17)20(9-18-13)8-15(21)19-10-4-2-1-3-5-10/h6-7,9-10H,1-5,8H2,(H,19,21). The molecule has 0 atom stereocenters. The number of carbonyl (C=O) groups is 1. The Hall–Kier alpha value is -1.98. The molecular formula is C15H17F2N3O. The van der Waals surface area contributed by atoms with E-state index in [-0.39, 0.29) is 18.5 Å². The molecule has 0 saturated heterocycles. The molecule has 0 aliphatic heterocycles. The molecule has 1 amide bonds. The van der Waals surface area contributed by atoms with Gasteiger partial charge in [-0.05, 0) is 12.8 Å². The predicted molar refractivity (Wildman–Crippen MR) is 74.7 cm³/mol. The zero-order valence-electron chi connectivity index (χ0n) is 11.6. The topological polar surface area (TPSA) is 46.9 Å². The fourth-order valence-corrected chi connectivity index (χ4v) is 2.85. The smallest absolute Gasteiger partial charge is 0.240 e. The zero-order valence-corrected chi connectivity index (χ0v) is 11.6. The van der Waals surface area contributed by atoms with Crippen molar-refractivity contribution in [1.82, 2.24) is 14.9 Å². The Kier molecular flexibility index (Phi) is 3.86. The normalized spacial score (nSPS) is 16.3. The number of hydrogen-bond donors (Lipinski definition) is 1. The summed E-state index contributed by atoms with van der Waals surface area (Å²) in [5.74, 6) is -1.98. The van der Waals surface area contributed by atoms with Gasteiger partial charge >= 0.3 is 0 Å². The summed E-state index contributed by atoms with van der Waals surface area (Å²) in [6.07, 6.45) is 6.97. The highest BCUT2D eigenvalue weighted by Crippen LogP contribution is 2.19. The first kappa shape index (κ1) is 14.0. The number of carbonyl (C=O) groups excluding carboxylic acids is 1. The van der Waals surface area contributed by atoms with E-state index in [1.54, 1.807) is 0 Å². The van der Waals surface area contributed by atoms with E-state index in [1.165, 1.54) is 17.3 Å². The third-order valence-electron chi connectivity index (χ3n) is 3.95. The Morgan fingerprint density at radius 2 is 1.95 bits per heavy atom. The number of benzene rings is 1. The number of imidazole rings is 1. The van der Waals surface area contributed by atoms with Crippen LogP contribution in [0.4, 0.5) is 8.78 Å². The van der Waals surface area contributed by atoms with Gasteiger partial charge in [-0.25, -0.2) is 13.8 Å². The molecule has 0 spiro atoms. The molecule has 1 aliphatic rings. The lowest BCUT2D eigenvalue weighted by Gasteiger charge is -2.22. The summed E-state index contributed by atoms with van der Waals surface area (Å²) in [5.41, 5.74) is 0.770. The lowest BCUT2D eigenvalue weighted by molar-refractivity contribution is -0.122. The fraction of sp³-hybridized carbons (Fsp3) is 0.467. The first-order valence-corrected chi connectivity index (χ1v) is 7.23. The zero-order chi connectivity index (χ0) is 14.8. The lowest BCUT2D eigenvalue weighted by atomic mass is 9.95. The summed E-state index contributed by atoms with van der Waals surface area (Å²) in [4.78, 5) is 16.0. The summed E-state index contributed by atoms with van der Waals surface area (Å²) in [6, 6.07) is 2.35. The van der Waals surface area contributed by atoms with Crippen molar-refractivity contribution in [3.63, 3.8) is 0 Å². The van der Waals surface area contributed by atoms with Gasteiger partial charge in [-0.3, -0.25) is 4.79 Å². The highest BCUT2D eigenvalue weighted by molar-refractivity contribution is 5.80. The minimum Gasteiger partial charge on any atom is -0.352 e. The van der Waals surface area contributed by atoms with Gasteiger partial charge in [0.1, 0.15) is 6.54 Å². The van der Waals surface area contributed by atoms with Crippen LogP contribution in [0.2, 0.25) is 0 Å². The van der Waals surface area contributed by atoms with Crippen molar-refractivity contribution in [2.75, 3.05) is 0 Å². The second kappa shape index (κ2) is 5.79. The van der Waals surface area contributed by atoms with E-state index < -0.39 is 11.6 Å². The first-order chi connectivity index (χ1) is 10.1. The van der Waals surface area contributed by atoms with E-state index in [1.807, 2.05) is 0 Å². The van der Waals surface area contributed by atoms with Crippen LogP contribution in [0, 0.1) is 11.6 Å². The molecule has 6 heteroatoms. The molecule has 0 radical (unpaired) electrons. The van der Waals surface area contributed by atoms with E-state index in [4.69, 9.17) is 0 Å². The lowest BCUT2D eigenvalue weighted by Crippen LogP contribution is -2.38. The molecule has 4 nitrogen and oxygen atoms in total. The van der Waals surface area contributed by atoms with Crippen LogP contribution in [0.3, 0.4) is 0 Å². The minimum atomic E-state index is -0.933. The first-order valence-electron chi connectivity index (χ1n) is 7.23. The Balaban J connectivity index is 1.72. The molecule has 1 N–H and O–H groups in total. The van der Waals surface area contributed by atoms with E-state index >= 15 is 0 Å². The largest absolute Gasteiger partial charge is 0.352 e. The van der Waals surface area contributed by atoms with Crippen LogP contribution in [-0.2, 0) is 11.3 Å². The predicted octanol–water partition coefficient (Wildman–Crippen LogP) is 2.76. The van der Waals surface area contributed by atoms with Gasteiger partial charge in [-0.15, -0.1) is 0 Å². The van der Waals surface area contributed by atoms with Crippen molar-refractivity contribution in [1.29, 1.82) is 0 Å². The Bertz CT molecular complexity index is 662. The van der Waals surface area contributed by atoms with Crippen molar-refractivity contribution in [2.45, 2.75) is 44.7 Å². The molecular weight excluding hydrogens is 276 g/mol. The molecule has 1 aromatic carbocycles. The van der Waals surface area contributed by atoms with Crippen LogP contribution in [0.25, 0.3) is 11.0 Å². The number of amides is 1. The molecule has 1 aromatic heterocycles. The van der Waals surface area contributed by atoms with Crippen LogP contribution >= 0.6 is 0 Å². The van der Waals surface area contributed by atoms with Gasteiger partial charge in [0.25, 0.3) is 0 Å². The average molecular weight is 293 g/mol. The second-order valence-electron chi connectivity index (χ2n) is 5.53. The van der Waals surface area contributed by atoms with E-state index in [9.17, 15) is 13.6 Å². The van der Waals surface area contributed by atoms with Crippen LogP contribution < -0.4 is 5.32 Å². The summed E-state index contributed by atoms with van der Waals surface area (Å²) >= 11 is 0. The maximum Gasteiger partial charge on any atom is 0.240 e. The maximum absolute atomic E-state index is 13.3. The summed E-state index contributed by atoms with van der Waals surface area (Å²) in [7, 11) is 0. The molecule has 1 fully saturated rings. The van der Waals surface area contributed by atoms with Crippen LogP contribution in [-0.4, -0.2) is 21.5 Å². The van der Waals surface area contributed by atoms with Gasteiger partial charge in [-0.1, -0.05) is 19.3 Å². The van der Waals surface area contributed by atoms with Crippen molar-refractivity contribution < 1.29 is 13.6 Å². The molecule has 0 unspecified atom stereocenters. The van der Waals surface area contributed by atoms with Gasteiger partial charge < -0.3 is 9.88 Å². The number of rotatable bonds is 3. The van der Waals surface area contributed by atoms with Crippen LogP contribution in [0.1, 0.15) is 32.1 Å². The Labute approximate surface area is 121 Å². The monoisotopic (exact) mass is 293 g/mol. The van der Waals surface area contributed by atoms with Crippen molar-refractivity contribution in [3.05, 3.63) is 30.1 Å².